The Kier molecular flexibility index (Phi) is 5.35. The van der Waals surface area contributed by atoms with Crippen LogP contribution in [-0.2, 0) is 21.6 Å². The molecule has 0 aliphatic carbocycles. The van der Waals surface area contributed by atoms with Gasteiger partial charge in [0.25, 0.3) is 5.91 Å². The quantitative estimate of drug-likeness (QED) is 0.437. The number of carbonyl (C=O) groups excluding carboxylic acids is 1. The number of rotatable bonds is 6. The third kappa shape index (κ3) is 3.57. The van der Waals surface area contributed by atoms with Crippen LogP contribution in [0.15, 0.2) is 48.1 Å². The lowest BCUT2D eigenvalue weighted by molar-refractivity contribution is -0.118. The molecular weight excluding hydrogens is 427 g/mol. The van der Waals surface area contributed by atoms with Crippen LogP contribution >= 0.6 is 0 Å². The summed E-state index contributed by atoms with van der Waals surface area (Å²) in [7, 11) is 1.39. The molecule has 11 heteroatoms. The molecule has 1 aliphatic rings. The van der Waals surface area contributed by atoms with Crippen LogP contribution in [0, 0.1) is 17.1 Å². The number of allylic oxidation sites excluding steroid dienone is 1. The third-order valence-electron chi connectivity index (χ3n) is 5.28. The van der Waals surface area contributed by atoms with Crippen molar-refractivity contribution in [2.45, 2.75) is 18.9 Å². The summed E-state index contributed by atoms with van der Waals surface area (Å²) in [6.07, 6.45) is 1.47. The van der Waals surface area contributed by atoms with Crippen LogP contribution in [-0.4, -0.2) is 38.5 Å². The highest BCUT2D eigenvalue weighted by molar-refractivity contribution is 6.09. The molecule has 0 spiro atoms. The number of nitrogen functional groups attached to an aromatic ring is 1. The average Bonchev–Trinajstić information content (AvgIpc) is 3.32. The van der Waals surface area contributed by atoms with Crippen LogP contribution < -0.4 is 11.1 Å². The summed E-state index contributed by atoms with van der Waals surface area (Å²) in [5.74, 6) is -0.683. The highest BCUT2D eigenvalue weighted by Crippen LogP contribution is 2.40. The number of oxime groups is 1. The van der Waals surface area contributed by atoms with Gasteiger partial charge in [-0.1, -0.05) is 29.9 Å². The predicted molar refractivity (Wildman–Crippen MR) is 119 cm³/mol. The first-order chi connectivity index (χ1) is 15.8. The van der Waals surface area contributed by atoms with Crippen molar-refractivity contribution in [1.29, 1.82) is 5.26 Å². The molecule has 1 aliphatic heterocycles. The van der Waals surface area contributed by atoms with Crippen LogP contribution in [0.5, 0.6) is 0 Å². The minimum absolute atomic E-state index is 0.0166. The number of carbonyl (C=O) groups is 1. The zero-order valence-corrected chi connectivity index (χ0v) is 17.8. The fourth-order valence-corrected chi connectivity index (χ4v) is 3.56. The standard InChI is InChI=1S/C22H19FN8O2/c1-4-14(30-33-3)16-9-15(29-31(16)10-12-7-5-6-8-13(12)23)19-26-18(25)17-20(27-19)28-21(32)22(17,2)11-24/h4-9H,1,10H2,2-3H3,(H3,25,26,27,28,32)/b30-14+. The number of hydrogen-bond acceptors (Lipinski definition) is 8. The molecule has 0 saturated heterocycles. The van der Waals surface area contributed by atoms with Gasteiger partial charge >= 0.3 is 0 Å². The second-order valence-corrected chi connectivity index (χ2v) is 7.37. The lowest BCUT2D eigenvalue weighted by Crippen LogP contribution is -2.29. The van der Waals surface area contributed by atoms with E-state index in [0.717, 1.165) is 0 Å². The van der Waals surface area contributed by atoms with E-state index in [-0.39, 0.29) is 35.4 Å². The summed E-state index contributed by atoms with van der Waals surface area (Å²) in [5, 5.41) is 20.5. The first kappa shape index (κ1) is 21.6. The van der Waals surface area contributed by atoms with Crippen molar-refractivity contribution >= 4 is 23.3 Å². The van der Waals surface area contributed by atoms with Crippen molar-refractivity contribution in [3.8, 4) is 17.6 Å². The number of halogens is 1. The molecule has 0 fully saturated rings. The second kappa shape index (κ2) is 8.16. The van der Waals surface area contributed by atoms with Gasteiger partial charge in [-0.2, -0.15) is 10.4 Å². The van der Waals surface area contributed by atoms with Crippen LogP contribution in [0.25, 0.3) is 11.5 Å². The Morgan fingerprint density at radius 1 is 1.45 bits per heavy atom. The van der Waals surface area contributed by atoms with Crippen LogP contribution in [0.3, 0.4) is 0 Å². The molecule has 3 aromatic rings. The van der Waals surface area contributed by atoms with Gasteiger partial charge in [-0.3, -0.25) is 9.48 Å². The number of amides is 1. The van der Waals surface area contributed by atoms with Crippen molar-refractivity contribution in [3.05, 3.63) is 65.6 Å². The number of nitriles is 1. The van der Waals surface area contributed by atoms with Crippen molar-refractivity contribution in [2.24, 2.45) is 5.16 Å². The van der Waals surface area contributed by atoms with E-state index in [4.69, 9.17) is 10.6 Å². The van der Waals surface area contributed by atoms with E-state index < -0.39 is 11.3 Å². The molecule has 0 radical (unpaired) electrons. The van der Waals surface area contributed by atoms with Crippen molar-refractivity contribution in [2.75, 3.05) is 18.2 Å². The molecule has 1 amide bonds. The molecular formula is C22H19FN8O2. The Morgan fingerprint density at radius 3 is 2.88 bits per heavy atom. The molecule has 1 aromatic carbocycles. The van der Waals surface area contributed by atoms with E-state index in [1.807, 2.05) is 6.07 Å². The number of anilines is 2. The smallest absolute Gasteiger partial charge is 0.250 e. The Morgan fingerprint density at radius 2 is 2.21 bits per heavy atom. The van der Waals surface area contributed by atoms with Gasteiger partial charge in [0.2, 0.25) is 0 Å². The fourth-order valence-electron chi connectivity index (χ4n) is 3.56. The van der Waals surface area contributed by atoms with E-state index in [9.17, 15) is 14.4 Å². The Bertz CT molecular complexity index is 1360. The van der Waals surface area contributed by atoms with E-state index >= 15 is 0 Å². The van der Waals surface area contributed by atoms with Crippen LogP contribution in [0.4, 0.5) is 16.0 Å². The molecule has 3 heterocycles. The predicted octanol–water partition coefficient (Wildman–Crippen LogP) is 2.38. The molecule has 166 valence electrons. The largest absolute Gasteiger partial charge is 0.399 e. The normalized spacial score (nSPS) is 17.3. The van der Waals surface area contributed by atoms with E-state index in [1.165, 1.54) is 30.9 Å². The van der Waals surface area contributed by atoms with Crippen LogP contribution in [0.2, 0.25) is 0 Å². The maximum Gasteiger partial charge on any atom is 0.250 e. The van der Waals surface area contributed by atoms with Gasteiger partial charge in [-0.15, -0.1) is 0 Å². The monoisotopic (exact) mass is 446 g/mol. The highest BCUT2D eigenvalue weighted by atomic mass is 19.1. The Labute approximate surface area is 188 Å². The Balaban J connectivity index is 1.85. The zero-order chi connectivity index (χ0) is 23.8. The highest BCUT2D eigenvalue weighted by Gasteiger charge is 2.46. The summed E-state index contributed by atoms with van der Waals surface area (Å²) >= 11 is 0. The van der Waals surface area contributed by atoms with E-state index in [1.54, 1.807) is 24.3 Å². The van der Waals surface area contributed by atoms with E-state index in [0.29, 0.717) is 22.7 Å². The summed E-state index contributed by atoms with van der Waals surface area (Å²) in [6.45, 7) is 5.28. The number of hydrogen-bond donors (Lipinski definition) is 2. The molecule has 2 aromatic heterocycles. The summed E-state index contributed by atoms with van der Waals surface area (Å²) in [4.78, 5) is 25.9. The minimum Gasteiger partial charge on any atom is -0.399 e. The number of nitrogens with one attached hydrogen (secondary N) is 1. The SMILES string of the molecule is C=C/C(=N\OC)c1cc(-c2nc(N)c3c(n2)NC(=O)C3(C)C#N)nn1Cc1ccccc1F. The van der Waals surface area contributed by atoms with Gasteiger partial charge in [0, 0.05) is 5.56 Å². The summed E-state index contributed by atoms with van der Waals surface area (Å²) in [6, 6.07) is 9.91. The van der Waals surface area contributed by atoms with Gasteiger partial charge in [-0.05, 0) is 25.1 Å². The third-order valence-corrected chi connectivity index (χ3v) is 5.28. The van der Waals surface area contributed by atoms with Gasteiger partial charge in [0.15, 0.2) is 11.2 Å². The van der Waals surface area contributed by atoms with Crippen LogP contribution in [0.1, 0.15) is 23.7 Å². The molecule has 0 saturated carbocycles. The number of fused-ring (bicyclic) bond motifs is 1. The number of nitrogens with zero attached hydrogens (tertiary/aromatic N) is 6. The minimum atomic E-state index is -1.49. The second-order valence-electron chi connectivity index (χ2n) is 7.37. The number of benzene rings is 1. The van der Waals surface area contributed by atoms with Crippen molar-refractivity contribution < 1.29 is 14.0 Å². The van der Waals surface area contributed by atoms with Gasteiger partial charge < -0.3 is 15.9 Å². The first-order valence-electron chi connectivity index (χ1n) is 9.78. The molecule has 1 unspecified atom stereocenters. The Hall–Kier alpha value is -4.59. The molecule has 1 atom stereocenters. The van der Waals surface area contributed by atoms with Crippen molar-refractivity contribution in [3.63, 3.8) is 0 Å². The maximum absolute atomic E-state index is 14.3. The number of aromatic nitrogens is 4. The molecule has 4 rings (SSSR count). The lowest BCUT2D eigenvalue weighted by Gasteiger charge is -2.13. The zero-order valence-electron chi connectivity index (χ0n) is 17.8. The van der Waals surface area contributed by atoms with Gasteiger partial charge in [-0.25, -0.2) is 14.4 Å². The lowest BCUT2D eigenvalue weighted by atomic mass is 9.86. The maximum atomic E-state index is 14.3. The first-order valence-corrected chi connectivity index (χ1v) is 9.78. The summed E-state index contributed by atoms with van der Waals surface area (Å²) in [5.41, 5.74) is 6.36. The topological polar surface area (TPSA) is 144 Å². The average molecular weight is 446 g/mol. The van der Waals surface area contributed by atoms with Gasteiger partial charge in [0.1, 0.15) is 36.0 Å². The molecule has 0 bridgehead atoms. The fraction of sp³-hybridized carbons (Fsp3) is 0.182. The molecule has 10 nitrogen and oxygen atoms in total. The van der Waals surface area contributed by atoms with E-state index in [2.05, 4.69) is 32.1 Å². The molecule has 3 N–H and O–H groups in total. The van der Waals surface area contributed by atoms with Gasteiger partial charge in [0.05, 0.1) is 23.9 Å². The molecule has 33 heavy (non-hydrogen) atoms. The number of nitrogens with two attached hydrogens (primary N) is 1. The summed E-state index contributed by atoms with van der Waals surface area (Å²) < 4.78 is 15.8. The van der Waals surface area contributed by atoms with Crippen molar-refractivity contribution in [1.82, 2.24) is 19.7 Å².